The summed E-state index contributed by atoms with van der Waals surface area (Å²) in [6, 6.07) is -1.11. The molecule has 1 aliphatic rings. The standard InChI is InChI=1S/C13H20N2O5S/c1-8-12(9(2)20-14-8)21(18,19)15-11(13(16)17)10-6-4-3-5-7-10/h10-11,15H,3-7H2,1-2H3,(H,16,17). The molecule has 0 aliphatic heterocycles. The highest BCUT2D eigenvalue weighted by atomic mass is 32.2. The Morgan fingerprint density at radius 1 is 1.33 bits per heavy atom. The number of hydrogen-bond donors (Lipinski definition) is 2. The fourth-order valence-electron chi connectivity index (χ4n) is 2.90. The molecule has 0 saturated heterocycles. The summed E-state index contributed by atoms with van der Waals surface area (Å²) in [4.78, 5) is 11.4. The van der Waals surface area contributed by atoms with E-state index in [1.165, 1.54) is 13.8 Å². The van der Waals surface area contributed by atoms with Gasteiger partial charge in [-0.05, 0) is 32.6 Å². The van der Waals surface area contributed by atoms with E-state index >= 15 is 0 Å². The van der Waals surface area contributed by atoms with Gasteiger partial charge in [0.15, 0.2) is 5.76 Å². The SMILES string of the molecule is Cc1noc(C)c1S(=O)(=O)NC(C(=O)O)C1CCCCC1. The van der Waals surface area contributed by atoms with Crippen molar-refractivity contribution >= 4 is 16.0 Å². The zero-order valence-electron chi connectivity index (χ0n) is 12.1. The van der Waals surface area contributed by atoms with Crippen LogP contribution < -0.4 is 4.72 Å². The Morgan fingerprint density at radius 3 is 2.43 bits per heavy atom. The van der Waals surface area contributed by atoms with Crippen LogP contribution in [0, 0.1) is 19.8 Å². The number of carbonyl (C=O) groups is 1. The Morgan fingerprint density at radius 2 is 1.95 bits per heavy atom. The number of aromatic nitrogens is 1. The monoisotopic (exact) mass is 316 g/mol. The van der Waals surface area contributed by atoms with E-state index in [2.05, 4.69) is 9.88 Å². The Balaban J connectivity index is 2.25. The van der Waals surface area contributed by atoms with E-state index in [9.17, 15) is 18.3 Å². The molecular weight excluding hydrogens is 296 g/mol. The minimum absolute atomic E-state index is 0.0652. The van der Waals surface area contributed by atoms with Crippen molar-refractivity contribution in [2.24, 2.45) is 5.92 Å². The van der Waals surface area contributed by atoms with E-state index in [1.54, 1.807) is 0 Å². The summed E-state index contributed by atoms with van der Waals surface area (Å²) < 4.78 is 32.0. The van der Waals surface area contributed by atoms with Crippen molar-refractivity contribution in [3.05, 3.63) is 11.5 Å². The number of nitrogens with zero attached hydrogens (tertiary/aromatic N) is 1. The van der Waals surface area contributed by atoms with Crippen LogP contribution in [0.25, 0.3) is 0 Å². The van der Waals surface area contributed by atoms with E-state index in [0.29, 0.717) is 0 Å². The number of sulfonamides is 1. The number of rotatable bonds is 5. The quantitative estimate of drug-likeness (QED) is 0.854. The second-order valence-corrected chi connectivity index (χ2v) is 7.14. The third kappa shape index (κ3) is 3.44. The number of nitrogens with one attached hydrogen (secondary N) is 1. The predicted molar refractivity (Wildman–Crippen MR) is 74.3 cm³/mol. The minimum Gasteiger partial charge on any atom is -0.480 e. The molecule has 1 atom stereocenters. The maximum atomic E-state index is 12.4. The molecule has 1 fully saturated rings. The lowest BCUT2D eigenvalue weighted by molar-refractivity contribution is -0.140. The highest BCUT2D eigenvalue weighted by Crippen LogP contribution is 2.28. The van der Waals surface area contributed by atoms with Crippen molar-refractivity contribution in [2.45, 2.75) is 56.9 Å². The van der Waals surface area contributed by atoms with E-state index in [1.807, 2.05) is 0 Å². The molecule has 21 heavy (non-hydrogen) atoms. The molecule has 0 aromatic carbocycles. The Labute approximate surface area is 123 Å². The van der Waals surface area contributed by atoms with Crippen LogP contribution in [0.1, 0.15) is 43.6 Å². The highest BCUT2D eigenvalue weighted by molar-refractivity contribution is 7.89. The predicted octanol–water partition coefficient (Wildman–Crippen LogP) is 1.60. The van der Waals surface area contributed by atoms with Crippen molar-refractivity contribution in [3.8, 4) is 0 Å². The molecule has 2 rings (SSSR count). The van der Waals surface area contributed by atoms with Crippen LogP contribution in [0.3, 0.4) is 0 Å². The maximum Gasteiger partial charge on any atom is 0.322 e. The number of carboxylic acids is 1. The van der Waals surface area contributed by atoms with Gasteiger partial charge in [0.1, 0.15) is 16.6 Å². The van der Waals surface area contributed by atoms with Gasteiger partial charge >= 0.3 is 5.97 Å². The smallest absolute Gasteiger partial charge is 0.322 e. The lowest BCUT2D eigenvalue weighted by Gasteiger charge is -2.27. The fraction of sp³-hybridized carbons (Fsp3) is 0.692. The lowest BCUT2D eigenvalue weighted by atomic mass is 9.84. The van der Waals surface area contributed by atoms with Crippen LogP contribution in [-0.2, 0) is 14.8 Å². The second kappa shape index (κ2) is 6.15. The van der Waals surface area contributed by atoms with Gasteiger partial charge in [0, 0.05) is 0 Å². The maximum absolute atomic E-state index is 12.4. The summed E-state index contributed by atoms with van der Waals surface area (Å²) in [6.07, 6.45) is 4.38. The molecule has 1 aromatic heterocycles. The molecule has 8 heteroatoms. The summed E-state index contributed by atoms with van der Waals surface area (Å²) in [5.74, 6) is -1.16. The van der Waals surface area contributed by atoms with Gasteiger partial charge in [-0.25, -0.2) is 8.42 Å². The first-order chi connectivity index (χ1) is 9.83. The number of aliphatic carboxylic acids is 1. The Kier molecular flexibility index (Phi) is 4.67. The molecule has 1 aliphatic carbocycles. The second-order valence-electron chi connectivity index (χ2n) is 5.49. The highest BCUT2D eigenvalue weighted by Gasteiger charge is 2.35. The summed E-state index contributed by atoms with van der Waals surface area (Å²) in [6.45, 7) is 3.01. The van der Waals surface area contributed by atoms with Gasteiger partial charge in [-0.1, -0.05) is 24.4 Å². The van der Waals surface area contributed by atoms with Crippen molar-refractivity contribution < 1.29 is 22.8 Å². The summed E-state index contributed by atoms with van der Waals surface area (Å²) in [5.41, 5.74) is 0.229. The first-order valence-electron chi connectivity index (χ1n) is 7.01. The molecule has 1 unspecified atom stereocenters. The minimum atomic E-state index is -3.96. The van der Waals surface area contributed by atoms with Crippen LogP contribution in [0.4, 0.5) is 0 Å². The van der Waals surface area contributed by atoms with Gasteiger partial charge in [0.25, 0.3) is 0 Å². The van der Waals surface area contributed by atoms with E-state index in [-0.39, 0.29) is 22.3 Å². The van der Waals surface area contributed by atoms with Crippen LogP contribution in [0.2, 0.25) is 0 Å². The zero-order chi connectivity index (χ0) is 15.6. The van der Waals surface area contributed by atoms with Crippen LogP contribution in [0.5, 0.6) is 0 Å². The molecule has 0 bridgehead atoms. The molecule has 1 saturated carbocycles. The topological polar surface area (TPSA) is 110 Å². The summed E-state index contributed by atoms with van der Waals surface area (Å²) in [5, 5.41) is 13.0. The number of carboxylic acid groups (broad SMARTS) is 1. The average molecular weight is 316 g/mol. The average Bonchev–Trinajstić information content (AvgIpc) is 2.77. The lowest BCUT2D eigenvalue weighted by Crippen LogP contribution is -2.46. The van der Waals surface area contributed by atoms with E-state index < -0.39 is 22.0 Å². The normalized spacial score (nSPS) is 18.6. The summed E-state index contributed by atoms with van der Waals surface area (Å²) in [7, 11) is -3.96. The van der Waals surface area contributed by atoms with Crippen LogP contribution >= 0.6 is 0 Å². The third-order valence-corrected chi connectivity index (χ3v) is 5.59. The van der Waals surface area contributed by atoms with Crippen LogP contribution in [0.15, 0.2) is 9.42 Å². The van der Waals surface area contributed by atoms with Gasteiger partial charge in [-0.15, -0.1) is 0 Å². The first-order valence-corrected chi connectivity index (χ1v) is 8.49. The Bertz CT molecular complexity index is 597. The van der Waals surface area contributed by atoms with Gasteiger partial charge in [0.2, 0.25) is 10.0 Å². The van der Waals surface area contributed by atoms with Crippen molar-refractivity contribution in [1.29, 1.82) is 0 Å². The fourth-order valence-corrected chi connectivity index (χ4v) is 4.49. The largest absolute Gasteiger partial charge is 0.480 e. The number of hydrogen-bond acceptors (Lipinski definition) is 5. The van der Waals surface area contributed by atoms with Gasteiger partial charge in [0.05, 0.1) is 0 Å². The molecular formula is C13H20N2O5S. The van der Waals surface area contributed by atoms with Crippen LogP contribution in [-0.4, -0.2) is 30.7 Å². The zero-order valence-corrected chi connectivity index (χ0v) is 12.9. The third-order valence-electron chi connectivity index (χ3n) is 3.91. The molecule has 2 N–H and O–H groups in total. The molecule has 7 nitrogen and oxygen atoms in total. The summed E-state index contributed by atoms with van der Waals surface area (Å²) >= 11 is 0. The first kappa shape index (κ1) is 16.0. The van der Waals surface area contributed by atoms with E-state index in [0.717, 1.165) is 32.1 Å². The molecule has 0 spiro atoms. The Hall–Kier alpha value is -1.41. The van der Waals surface area contributed by atoms with Gasteiger partial charge in [-0.2, -0.15) is 4.72 Å². The van der Waals surface area contributed by atoms with Crippen molar-refractivity contribution in [1.82, 2.24) is 9.88 Å². The van der Waals surface area contributed by atoms with E-state index in [4.69, 9.17) is 4.52 Å². The molecule has 118 valence electrons. The van der Waals surface area contributed by atoms with Crippen molar-refractivity contribution in [2.75, 3.05) is 0 Å². The van der Waals surface area contributed by atoms with Gasteiger partial charge < -0.3 is 9.63 Å². The molecule has 1 heterocycles. The van der Waals surface area contributed by atoms with Crippen molar-refractivity contribution in [3.63, 3.8) is 0 Å². The number of aryl methyl sites for hydroxylation is 2. The molecule has 0 amide bonds. The molecule has 0 radical (unpaired) electrons. The van der Waals surface area contributed by atoms with Gasteiger partial charge in [-0.3, -0.25) is 4.79 Å². The molecule has 1 aromatic rings.